The summed E-state index contributed by atoms with van der Waals surface area (Å²) in [6.07, 6.45) is 3.41. The van der Waals surface area contributed by atoms with Crippen LogP contribution in [0.3, 0.4) is 0 Å². The number of rotatable bonds is 8. The Morgan fingerprint density at radius 1 is 1.04 bits per heavy atom. The number of hydrogen-bond donors (Lipinski definition) is 0. The molecule has 0 spiro atoms. The van der Waals surface area contributed by atoms with Crippen molar-refractivity contribution in [3.63, 3.8) is 0 Å². The number of ketones is 1. The number of esters is 1. The average molecular weight is 625 g/mol. The van der Waals surface area contributed by atoms with E-state index in [2.05, 4.69) is 0 Å². The number of pyridine rings is 1. The van der Waals surface area contributed by atoms with Crippen LogP contribution >= 0.6 is 11.6 Å². The van der Waals surface area contributed by atoms with E-state index in [1.54, 1.807) is 36.4 Å². The van der Waals surface area contributed by atoms with Crippen LogP contribution in [0.15, 0.2) is 84.9 Å². The van der Waals surface area contributed by atoms with E-state index in [-0.39, 0.29) is 53.0 Å². The van der Waals surface area contributed by atoms with Gasteiger partial charge >= 0.3 is 5.97 Å². The maximum absolute atomic E-state index is 13.7. The third-order valence-corrected chi connectivity index (χ3v) is 8.82. The van der Waals surface area contributed by atoms with Gasteiger partial charge in [0.05, 0.1) is 34.3 Å². The van der Waals surface area contributed by atoms with E-state index in [9.17, 15) is 23.6 Å². The standard InChI is InChI=1S/C36H30ClFN2O5/c1-20-5-3-8-27-31(20)35(43)40(34(27)42)25-15-11-22(12-16-25)29-19-28(26-7-4-6-21(2)32(26)39-29)36(44)45-30(17-18-37)33(41)23-9-13-24(38)14-10-23/h3-7,9-16,19-20,27,30-31H,8,17-18H2,1-2H3. The minimum atomic E-state index is -1.17. The monoisotopic (exact) mass is 624 g/mol. The molecule has 2 heterocycles. The summed E-state index contributed by atoms with van der Waals surface area (Å²) >= 11 is 5.96. The highest BCUT2D eigenvalue weighted by Gasteiger charge is 2.50. The van der Waals surface area contributed by atoms with Gasteiger partial charge in [-0.05, 0) is 67.3 Å². The van der Waals surface area contributed by atoms with Gasteiger partial charge in [-0.1, -0.05) is 49.4 Å². The fraction of sp³-hybridized carbons (Fsp3) is 0.250. The number of fused-ring (bicyclic) bond motifs is 2. The topological polar surface area (TPSA) is 93.6 Å². The molecule has 2 aliphatic rings. The molecular formula is C36H30ClFN2O5. The van der Waals surface area contributed by atoms with Gasteiger partial charge < -0.3 is 4.74 Å². The van der Waals surface area contributed by atoms with Crippen molar-refractivity contribution in [2.45, 2.75) is 32.8 Å². The van der Waals surface area contributed by atoms with Gasteiger partial charge in [0, 0.05) is 28.8 Å². The molecule has 9 heteroatoms. The van der Waals surface area contributed by atoms with Crippen LogP contribution in [-0.4, -0.2) is 40.5 Å². The fourth-order valence-corrected chi connectivity index (χ4v) is 6.43. The Balaban J connectivity index is 1.32. The van der Waals surface area contributed by atoms with Crippen LogP contribution in [-0.2, 0) is 14.3 Å². The Hall–Kier alpha value is -4.69. The molecule has 4 unspecified atom stereocenters. The number of alkyl halides is 1. The predicted octanol–water partition coefficient (Wildman–Crippen LogP) is 7.09. The molecule has 0 N–H and O–H groups in total. The predicted molar refractivity (Wildman–Crippen MR) is 170 cm³/mol. The van der Waals surface area contributed by atoms with Crippen molar-refractivity contribution in [3.8, 4) is 11.3 Å². The summed E-state index contributed by atoms with van der Waals surface area (Å²) in [6, 6.07) is 19.0. The van der Waals surface area contributed by atoms with Crippen molar-refractivity contribution in [1.29, 1.82) is 0 Å². The first-order chi connectivity index (χ1) is 21.7. The van der Waals surface area contributed by atoms with E-state index in [0.29, 0.717) is 34.3 Å². The number of Topliss-reactive ketones (excluding diaryl/α,β-unsaturated/α-hetero) is 1. The molecular weight excluding hydrogens is 595 g/mol. The average Bonchev–Trinajstić information content (AvgIpc) is 3.30. The van der Waals surface area contributed by atoms with Gasteiger partial charge in [0.1, 0.15) is 5.82 Å². The van der Waals surface area contributed by atoms with E-state index in [1.807, 2.05) is 38.1 Å². The number of halogens is 2. The smallest absolute Gasteiger partial charge is 0.339 e. The number of imide groups is 1. The first-order valence-corrected chi connectivity index (χ1v) is 15.3. The van der Waals surface area contributed by atoms with Gasteiger partial charge in [-0.15, -0.1) is 11.6 Å². The molecule has 0 radical (unpaired) electrons. The summed E-state index contributed by atoms with van der Waals surface area (Å²) in [5, 5.41) is 0.554. The maximum atomic E-state index is 13.7. The summed E-state index contributed by atoms with van der Waals surface area (Å²) < 4.78 is 19.2. The van der Waals surface area contributed by atoms with Crippen molar-refractivity contribution < 1.29 is 28.3 Å². The largest absolute Gasteiger partial charge is 0.450 e. The number of aromatic nitrogens is 1. The third-order valence-electron chi connectivity index (χ3n) is 8.60. The number of carbonyl (C=O) groups excluding carboxylic acids is 4. The Bertz CT molecular complexity index is 1850. The van der Waals surface area contributed by atoms with Crippen LogP contribution in [0, 0.1) is 30.5 Å². The number of nitrogens with zero attached hydrogens (tertiary/aromatic N) is 2. The molecule has 3 aromatic carbocycles. The number of benzene rings is 3. The normalized spacial score (nSPS) is 19.9. The van der Waals surface area contributed by atoms with Crippen molar-refractivity contribution >= 4 is 51.8 Å². The molecule has 228 valence electrons. The SMILES string of the molecule is Cc1cccc2c(C(=O)OC(CCCl)C(=O)c3ccc(F)cc3)cc(-c3ccc(N4C(=O)C5CC=CC(C)C5C4=O)cc3)nc12. The minimum Gasteiger partial charge on any atom is -0.450 e. The molecule has 4 atom stereocenters. The molecule has 6 rings (SSSR count). The van der Waals surface area contributed by atoms with Gasteiger partial charge in [-0.25, -0.2) is 14.2 Å². The lowest BCUT2D eigenvalue weighted by atomic mass is 9.78. The van der Waals surface area contributed by atoms with Crippen LogP contribution < -0.4 is 4.90 Å². The van der Waals surface area contributed by atoms with Crippen LogP contribution in [0.4, 0.5) is 10.1 Å². The van der Waals surface area contributed by atoms with Gasteiger partial charge in [0.25, 0.3) is 0 Å². The highest BCUT2D eigenvalue weighted by Crippen LogP contribution is 2.41. The highest BCUT2D eigenvalue weighted by molar-refractivity contribution is 6.22. The summed E-state index contributed by atoms with van der Waals surface area (Å²) in [7, 11) is 0. The molecule has 1 aliphatic carbocycles. The highest BCUT2D eigenvalue weighted by atomic mass is 35.5. The second-order valence-electron chi connectivity index (χ2n) is 11.5. The number of ether oxygens (including phenoxy) is 1. The van der Waals surface area contributed by atoms with Gasteiger partial charge in [-0.2, -0.15) is 0 Å². The fourth-order valence-electron chi connectivity index (χ4n) is 6.23. The van der Waals surface area contributed by atoms with Crippen LogP contribution in [0.25, 0.3) is 22.2 Å². The van der Waals surface area contributed by atoms with Crippen molar-refractivity contribution in [2.75, 3.05) is 10.8 Å². The number of hydrogen-bond acceptors (Lipinski definition) is 6. The third kappa shape index (κ3) is 5.66. The second kappa shape index (κ2) is 12.4. The molecule has 0 bridgehead atoms. The molecule has 7 nitrogen and oxygen atoms in total. The zero-order valence-electron chi connectivity index (χ0n) is 24.7. The van der Waals surface area contributed by atoms with Gasteiger partial charge in [0.15, 0.2) is 6.10 Å². The zero-order valence-corrected chi connectivity index (χ0v) is 25.5. The molecule has 4 aromatic rings. The first kappa shape index (κ1) is 30.3. The quantitative estimate of drug-likeness (QED) is 0.0683. The number of para-hydroxylation sites is 1. The van der Waals surface area contributed by atoms with E-state index in [4.69, 9.17) is 21.3 Å². The Labute approximate surface area is 264 Å². The molecule has 1 aromatic heterocycles. The minimum absolute atomic E-state index is 0.0114. The molecule has 1 aliphatic heterocycles. The molecule has 1 saturated heterocycles. The lowest BCUT2D eigenvalue weighted by molar-refractivity contribution is -0.122. The van der Waals surface area contributed by atoms with Crippen LogP contribution in [0.2, 0.25) is 0 Å². The number of aryl methyl sites for hydroxylation is 1. The maximum Gasteiger partial charge on any atom is 0.339 e. The van der Waals surface area contributed by atoms with Gasteiger partial charge in [0.2, 0.25) is 17.6 Å². The Morgan fingerprint density at radius 3 is 2.47 bits per heavy atom. The summed E-state index contributed by atoms with van der Waals surface area (Å²) in [4.78, 5) is 59.4. The number of carbonyl (C=O) groups is 4. The lowest BCUT2D eigenvalue weighted by Crippen LogP contribution is -2.31. The van der Waals surface area contributed by atoms with E-state index in [1.165, 1.54) is 29.2 Å². The van der Waals surface area contributed by atoms with Crippen molar-refractivity contribution in [3.05, 3.63) is 107 Å². The molecule has 1 fully saturated rings. The van der Waals surface area contributed by atoms with E-state index >= 15 is 0 Å². The Kier molecular flexibility index (Phi) is 8.34. The second-order valence-corrected chi connectivity index (χ2v) is 11.9. The summed E-state index contributed by atoms with van der Waals surface area (Å²) in [5.41, 5.74) is 3.44. The van der Waals surface area contributed by atoms with Crippen LogP contribution in [0.5, 0.6) is 0 Å². The molecule has 2 amide bonds. The van der Waals surface area contributed by atoms with E-state index in [0.717, 1.165) is 5.56 Å². The number of amides is 2. The molecule has 45 heavy (non-hydrogen) atoms. The number of allylic oxidation sites excluding steroid dienone is 2. The summed E-state index contributed by atoms with van der Waals surface area (Å²) in [6.45, 7) is 3.84. The lowest BCUT2D eigenvalue weighted by Gasteiger charge is -2.22. The van der Waals surface area contributed by atoms with E-state index < -0.39 is 23.7 Å². The zero-order chi connectivity index (χ0) is 31.8. The van der Waals surface area contributed by atoms with Crippen molar-refractivity contribution in [2.24, 2.45) is 17.8 Å². The van der Waals surface area contributed by atoms with Gasteiger partial charge in [-0.3, -0.25) is 19.3 Å². The number of anilines is 1. The Morgan fingerprint density at radius 2 is 1.78 bits per heavy atom. The first-order valence-electron chi connectivity index (χ1n) is 14.8. The van der Waals surface area contributed by atoms with Crippen LogP contribution in [0.1, 0.15) is 46.0 Å². The van der Waals surface area contributed by atoms with Crippen molar-refractivity contribution in [1.82, 2.24) is 4.98 Å². The summed E-state index contributed by atoms with van der Waals surface area (Å²) in [5.74, 6) is -2.74. The molecule has 0 saturated carbocycles.